The molecule has 0 fully saturated rings. The maximum absolute atomic E-state index is 11.8. The molecule has 2 rings (SSSR count). The number of carbonyl (C=O) groups excluding carboxylic acids is 1. The topological polar surface area (TPSA) is 54.9 Å². The number of carbonyl (C=O) groups is 1. The summed E-state index contributed by atoms with van der Waals surface area (Å²) in [5.41, 5.74) is 3.62. The maximum Gasteiger partial charge on any atom is 0.277 e. The van der Waals surface area contributed by atoms with Gasteiger partial charge in [0, 0.05) is 17.5 Å². The number of rotatable bonds is 3. The molecule has 0 radical (unpaired) electrons. The summed E-state index contributed by atoms with van der Waals surface area (Å²) in [7, 11) is 1.61. The molecule has 0 amide bonds. The van der Waals surface area contributed by atoms with Crippen LogP contribution in [0.25, 0.3) is 11.3 Å². The van der Waals surface area contributed by atoms with E-state index in [1.165, 1.54) is 9.58 Å². The lowest BCUT2D eigenvalue weighted by atomic mass is 10.0. The average molecular weight is 276 g/mol. The molecule has 0 aliphatic carbocycles. The molecule has 0 bridgehead atoms. The first kappa shape index (κ1) is 13.7. The molecule has 0 spiro atoms. The fourth-order valence-electron chi connectivity index (χ4n) is 2.31. The third-order valence-electron chi connectivity index (χ3n) is 3.15. The van der Waals surface area contributed by atoms with Crippen molar-refractivity contribution in [2.24, 2.45) is 7.05 Å². The predicted molar refractivity (Wildman–Crippen MR) is 78.1 cm³/mol. The minimum atomic E-state index is -0.297. The lowest BCUT2D eigenvalue weighted by Gasteiger charge is -2.10. The number of nitrogens with zero attached hydrogens (tertiary/aromatic N) is 1. The second-order valence-corrected chi connectivity index (χ2v) is 5.34. The molecule has 1 aromatic carbocycles. The van der Waals surface area contributed by atoms with Gasteiger partial charge in [-0.3, -0.25) is 19.4 Å². The monoisotopic (exact) mass is 276 g/mol. The average Bonchev–Trinajstić information content (AvgIpc) is 2.65. The van der Waals surface area contributed by atoms with Crippen molar-refractivity contribution in [2.45, 2.75) is 18.7 Å². The van der Waals surface area contributed by atoms with Crippen molar-refractivity contribution in [2.75, 3.05) is 6.26 Å². The number of hydrogen-bond donors (Lipinski definition) is 1. The Morgan fingerprint density at radius 1 is 1.26 bits per heavy atom. The summed E-state index contributed by atoms with van der Waals surface area (Å²) in [5.74, 6) is 0. The van der Waals surface area contributed by atoms with E-state index >= 15 is 0 Å². The largest absolute Gasteiger partial charge is 0.298 e. The highest BCUT2D eigenvalue weighted by Crippen LogP contribution is 2.30. The van der Waals surface area contributed by atoms with Crippen molar-refractivity contribution in [1.82, 2.24) is 9.78 Å². The number of aryl methyl sites for hydroxylation is 3. The summed E-state index contributed by atoms with van der Waals surface area (Å²) in [5, 5.41) is 2.94. The van der Waals surface area contributed by atoms with Gasteiger partial charge >= 0.3 is 0 Å². The zero-order chi connectivity index (χ0) is 14.2. The van der Waals surface area contributed by atoms with Gasteiger partial charge in [-0.25, -0.2) is 0 Å². The highest BCUT2D eigenvalue weighted by molar-refractivity contribution is 7.98. The van der Waals surface area contributed by atoms with Crippen LogP contribution in [0.4, 0.5) is 0 Å². The molecule has 4 nitrogen and oxygen atoms in total. The van der Waals surface area contributed by atoms with Gasteiger partial charge in [0.25, 0.3) is 5.56 Å². The minimum Gasteiger partial charge on any atom is -0.298 e. The Bertz CT molecular complexity index is 675. The molecular formula is C14H16N2O2S. The van der Waals surface area contributed by atoms with Crippen LogP contribution < -0.4 is 5.56 Å². The van der Waals surface area contributed by atoms with Crippen LogP contribution in [0.15, 0.2) is 21.8 Å². The highest BCUT2D eigenvalue weighted by atomic mass is 32.2. The zero-order valence-corrected chi connectivity index (χ0v) is 12.2. The second-order valence-electron chi connectivity index (χ2n) is 4.53. The Labute approximate surface area is 115 Å². The van der Waals surface area contributed by atoms with E-state index in [1.807, 2.05) is 32.2 Å². The maximum atomic E-state index is 11.8. The molecule has 0 unspecified atom stereocenters. The van der Waals surface area contributed by atoms with Crippen molar-refractivity contribution in [3.05, 3.63) is 39.2 Å². The second kappa shape index (κ2) is 5.09. The molecule has 0 saturated heterocycles. The standard InChI is InChI=1S/C14H16N2O2S/c1-8-5-10(6-9(2)13(8)19-4)12-11(7-17)14(18)16(3)15-12/h5-7,15H,1-4H3. The Hall–Kier alpha value is -1.75. The Kier molecular flexibility index (Phi) is 3.66. The summed E-state index contributed by atoms with van der Waals surface area (Å²) in [6.07, 6.45) is 2.65. The van der Waals surface area contributed by atoms with E-state index in [4.69, 9.17) is 0 Å². The Balaban J connectivity index is 2.70. The third-order valence-corrected chi connectivity index (χ3v) is 4.21. The van der Waals surface area contributed by atoms with Gasteiger partial charge in [-0.2, -0.15) is 0 Å². The molecule has 2 aromatic rings. The van der Waals surface area contributed by atoms with Gasteiger partial charge in [0.15, 0.2) is 6.29 Å². The molecule has 0 aliphatic heterocycles. The quantitative estimate of drug-likeness (QED) is 0.692. The molecule has 0 aliphatic rings. The fraction of sp³-hybridized carbons (Fsp3) is 0.286. The first-order chi connectivity index (χ1) is 8.99. The van der Waals surface area contributed by atoms with Crippen LogP contribution in [-0.4, -0.2) is 22.3 Å². The van der Waals surface area contributed by atoms with Crippen molar-refractivity contribution in [3.8, 4) is 11.3 Å². The van der Waals surface area contributed by atoms with Gasteiger partial charge in [0.1, 0.15) is 5.56 Å². The summed E-state index contributed by atoms with van der Waals surface area (Å²) in [6, 6.07) is 3.99. The van der Waals surface area contributed by atoms with Gasteiger partial charge in [-0.1, -0.05) is 0 Å². The van der Waals surface area contributed by atoms with Crippen molar-refractivity contribution in [1.29, 1.82) is 0 Å². The number of nitrogens with one attached hydrogen (secondary N) is 1. The van der Waals surface area contributed by atoms with Gasteiger partial charge < -0.3 is 0 Å². The van der Waals surface area contributed by atoms with E-state index in [0.29, 0.717) is 12.0 Å². The summed E-state index contributed by atoms with van der Waals surface area (Å²) in [4.78, 5) is 24.1. The number of hydrogen-bond acceptors (Lipinski definition) is 3. The highest BCUT2D eigenvalue weighted by Gasteiger charge is 2.15. The normalized spacial score (nSPS) is 10.7. The van der Waals surface area contributed by atoms with E-state index < -0.39 is 0 Å². The number of benzene rings is 1. The van der Waals surface area contributed by atoms with Crippen LogP contribution in [0.2, 0.25) is 0 Å². The fourth-order valence-corrected chi connectivity index (χ4v) is 3.07. The van der Waals surface area contributed by atoms with E-state index in [9.17, 15) is 9.59 Å². The van der Waals surface area contributed by atoms with E-state index in [0.717, 1.165) is 16.7 Å². The molecular weight excluding hydrogens is 260 g/mol. The first-order valence-corrected chi connectivity index (χ1v) is 7.11. The van der Waals surface area contributed by atoms with Gasteiger partial charge in [0.05, 0.1) is 5.69 Å². The zero-order valence-electron chi connectivity index (χ0n) is 11.4. The summed E-state index contributed by atoms with van der Waals surface area (Å²) in [6.45, 7) is 4.06. The molecule has 1 N–H and O–H groups in total. The van der Waals surface area contributed by atoms with Crippen LogP contribution >= 0.6 is 11.8 Å². The van der Waals surface area contributed by atoms with Crippen LogP contribution in [0.5, 0.6) is 0 Å². The molecule has 1 heterocycles. The predicted octanol–water partition coefficient (Wildman–Crippen LogP) is 2.53. The van der Waals surface area contributed by atoms with Crippen LogP contribution in [0, 0.1) is 13.8 Å². The lowest BCUT2D eigenvalue weighted by Crippen LogP contribution is -2.14. The Morgan fingerprint density at radius 3 is 2.32 bits per heavy atom. The van der Waals surface area contributed by atoms with Crippen molar-refractivity contribution < 1.29 is 4.79 Å². The minimum absolute atomic E-state index is 0.179. The van der Waals surface area contributed by atoms with Crippen LogP contribution in [-0.2, 0) is 7.05 Å². The summed E-state index contributed by atoms with van der Waals surface area (Å²) >= 11 is 1.70. The number of thioether (sulfide) groups is 1. The van der Waals surface area contributed by atoms with E-state index in [2.05, 4.69) is 5.10 Å². The number of aromatic nitrogens is 2. The van der Waals surface area contributed by atoms with E-state index in [-0.39, 0.29) is 11.1 Å². The van der Waals surface area contributed by atoms with Crippen LogP contribution in [0.1, 0.15) is 21.5 Å². The summed E-state index contributed by atoms with van der Waals surface area (Å²) < 4.78 is 1.33. The first-order valence-electron chi connectivity index (χ1n) is 5.89. The van der Waals surface area contributed by atoms with Gasteiger partial charge in [-0.05, 0) is 43.4 Å². The molecule has 100 valence electrons. The lowest BCUT2D eigenvalue weighted by molar-refractivity contribution is 0.112. The number of H-pyrrole nitrogens is 1. The molecule has 1 aromatic heterocycles. The molecule has 0 atom stereocenters. The third kappa shape index (κ3) is 2.26. The van der Waals surface area contributed by atoms with Crippen LogP contribution in [0.3, 0.4) is 0 Å². The van der Waals surface area contributed by atoms with Gasteiger partial charge in [0.2, 0.25) is 0 Å². The SMILES string of the molecule is CSc1c(C)cc(-c2[nH]n(C)c(=O)c2C=O)cc1C. The number of aldehydes is 1. The van der Waals surface area contributed by atoms with Gasteiger partial charge in [-0.15, -0.1) is 11.8 Å². The smallest absolute Gasteiger partial charge is 0.277 e. The molecule has 0 saturated carbocycles. The van der Waals surface area contributed by atoms with E-state index in [1.54, 1.807) is 18.8 Å². The number of aromatic amines is 1. The molecule has 19 heavy (non-hydrogen) atoms. The van der Waals surface area contributed by atoms with Crippen molar-refractivity contribution in [3.63, 3.8) is 0 Å². The Morgan fingerprint density at radius 2 is 1.84 bits per heavy atom. The van der Waals surface area contributed by atoms with Crippen molar-refractivity contribution >= 4 is 18.0 Å². The molecule has 5 heteroatoms.